The molecule has 0 bridgehead atoms. The van der Waals surface area contributed by atoms with Crippen LogP contribution in [0.1, 0.15) is 40.0 Å². The van der Waals surface area contributed by atoms with Crippen molar-refractivity contribution < 1.29 is 9.90 Å². The number of aliphatic hydroxyl groups excluding tert-OH is 1. The fraction of sp³-hybridized carbons (Fsp3) is 0.929. The monoisotopic (exact) mass is 292 g/mol. The second-order valence-electron chi connectivity index (χ2n) is 5.61. The summed E-state index contributed by atoms with van der Waals surface area (Å²) in [7, 11) is 0. The van der Waals surface area contributed by atoms with Crippen molar-refractivity contribution in [1.82, 2.24) is 10.6 Å². The van der Waals surface area contributed by atoms with Gasteiger partial charge >= 0.3 is 0 Å². The zero-order valence-electron chi connectivity index (χ0n) is 12.4. The molecule has 1 aliphatic rings. The number of carbonyl (C=O) groups is 1. The lowest BCUT2D eigenvalue weighted by atomic mass is 9.79. The van der Waals surface area contributed by atoms with Crippen molar-refractivity contribution in [3.63, 3.8) is 0 Å². The Morgan fingerprint density at radius 1 is 1.42 bits per heavy atom. The van der Waals surface area contributed by atoms with E-state index in [4.69, 9.17) is 5.11 Å². The van der Waals surface area contributed by atoms with Crippen LogP contribution < -0.4 is 10.6 Å². The van der Waals surface area contributed by atoms with Crippen molar-refractivity contribution in [1.29, 1.82) is 0 Å². The van der Waals surface area contributed by atoms with Gasteiger partial charge in [0, 0.05) is 19.1 Å². The standard InChI is InChI=1S/C14H28N2O2.ClH/c1-4-14(5-2,6-7-17)10-16-13(18)11(3)12-8-15-9-12;/h11-12,15,17H,4-10H2,1-3H3,(H,16,18);1H. The van der Waals surface area contributed by atoms with Gasteiger partial charge in [-0.3, -0.25) is 4.79 Å². The average Bonchev–Trinajstić information content (AvgIpc) is 2.32. The van der Waals surface area contributed by atoms with Crippen LogP contribution in [-0.4, -0.2) is 37.3 Å². The predicted molar refractivity (Wildman–Crippen MR) is 80.5 cm³/mol. The van der Waals surface area contributed by atoms with Crippen LogP contribution in [0, 0.1) is 17.3 Å². The normalized spacial score (nSPS) is 17.3. The second-order valence-corrected chi connectivity index (χ2v) is 5.61. The summed E-state index contributed by atoms with van der Waals surface area (Å²) < 4.78 is 0. The molecule has 0 aromatic carbocycles. The number of nitrogens with one attached hydrogen (secondary N) is 2. The molecule has 1 fully saturated rings. The van der Waals surface area contributed by atoms with Crippen LogP contribution in [0.15, 0.2) is 0 Å². The predicted octanol–water partition coefficient (Wildman–Crippen LogP) is 1.57. The molecule has 0 aliphatic carbocycles. The molecule has 0 aromatic rings. The summed E-state index contributed by atoms with van der Waals surface area (Å²) in [5.41, 5.74) is 0.0575. The lowest BCUT2D eigenvalue weighted by Gasteiger charge is -2.34. The van der Waals surface area contributed by atoms with Crippen LogP contribution in [0.25, 0.3) is 0 Å². The van der Waals surface area contributed by atoms with Crippen LogP contribution in [-0.2, 0) is 4.79 Å². The molecule has 3 N–H and O–H groups in total. The molecular weight excluding hydrogens is 264 g/mol. The van der Waals surface area contributed by atoms with Crippen LogP contribution in [0.3, 0.4) is 0 Å². The number of hydrogen-bond acceptors (Lipinski definition) is 3. The Kier molecular flexibility index (Phi) is 8.62. The maximum atomic E-state index is 12.1. The summed E-state index contributed by atoms with van der Waals surface area (Å²) in [4.78, 5) is 12.1. The summed E-state index contributed by atoms with van der Waals surface area (Å²) in [5.74, 6) is 0.734. The Bertz CT molecular complexity index is 266. The van der Waals surface area contributed by atoms with Crippen molar-refractivity contribution in [3.8, 4) is 0 Å². The SMILES string of the molecule is CCC(CC)(CCO)CNC(=O)C(C)C1CNC1.Cl. The third-order valence-corrected chi connectivity index (χ3v) is 4.71. The highest BCUT2D eigenvalue weighted by Crippen LogP contribution is 2.29. The second kappa shape index (κ2) is 8.77. The molecule has 1 aliphatic heterocycles. The van der Waals surface area contributed by atoms with E-state index in [1.54, 1.807) is 0 Å². The minimum absolute atomic E-state index is 0. The Hall–Kier alpha value is -0.320. The minimum Gasteiger partial charge on any atom is -0.396 e. The summed E-state index contributed by atoms with van der Waals surface area (Å²) in [5, 5.41) is 15.4. The molecule has 4 nitrogen and oxygen atoms in total. The highest BCUT2D eigenvalue weighted by molar-refractivity contribution is 5.85. The highest BCUT2D eigenvalue weighted by Gasteiger charge is 2.31. The molecule has 0 spiro atoms. The molecule has 1 rings (SSSR count). The smallest absolute Gasteiger partial charge is 0.223 e. The number of aliphatic hydroxyl groups is 1. The maximum Gasteiger partial charge on any atom is 0.223 e. The molecule has 114 valence electrons. The van der Waals surface area contributed by atoms with Crippen molar-refractivity contribution in [2.75, 3.05) is 26.2 Å². The Morgan fingerprint density at radius 2 is 2.00 bits per heavy atom. The lowest BCUT2D eigenvalue weighted by Crippen LogP contribution is -2.50. The molecule has 1 heterocycles. The molecule has 5 heteroatoms. The summed E-state index contributed by atoms with van der Waals surface area (Å²) >= 11 is 0. The molecule has 1 saturated heterocycles. The summed E-state index contributed by atoms with van der Waals surface area (Å²) in [6.45, 7) is 9.06. The van der Waals surface area contributed by atoms with Gasteiger partial charge in [0.2, 0.25) is 5.91 Å². The zero-order chi connectivity index (χ0) is 13.6. The first-order chi connectivity index (χ1) is 8.58. The summed E-state index contributed by atoms with van der Waals surface area (Å²) in [6.07, 6.45) is 2.74. The highest BCUT2D eigenvalue weighted by atomic mass is 35.5. The number of halogens is 1. The quantitative estimate of drug-likeness (QED) is 0.636. The Labute approximate surface area is 123 Å². The van der Waals surface area contributed by atoms with Gasteiger partial charge in [-0.1, -0.05) is 20.8 Å². The zero-order valence-corrected chi connectivity index (χ0v) is 13.2. The van der Waals surface area contributed by atoms with E-state index in [0.717, 1.165) is 32.4 Å². The topological polar surface area (TPSA) is 61.4 Å². The first-order valence-corrected chi connectivity index (χ1v) is 7.18. The van der Waals surface area contributed by atoms with Crippen LogP contribution in [0.4, 0.5) is 0 Å². The molecule has 19 heavy (non-hydrogen) atoms. The summed E-state index contributed by atoms with van der Waals surface area (Å²) in [6, 6.07) is 0. The van der Waals surface area contributed by atoms with E-state index in [1.807, 2.05) is 6.92 Å². The number of carbonyl (C=O) groups excluding carboxylic acids is 1. The lowest BCUT2D eigenvalue weighted by molar-refractivity contribution is -0.127. The van der Waals surface area contributed by atoms with E-state index < -0.39 is 0 Å². The number of amides is 1. The maximum absolute atomic E-state index is 12.1. The minimum atomic E-state index is 0. The largest absolute Gasteiger partial charge is 0.396 e. The molecule has 0 saturated carbocycles. The van der Waals surface area contributed by atoms with Gasteiger partial charge in [0.15, 0.2) is 0 Å². The van der Waals surface area contributed by atoms with E-state index in [2.05, 4.69) is 24.5 Å². The third kappa shape index (κ3) is 4.93. The first kappa shape index (κ1) is 18.7. The van der Waals surface area contributed by atoms with E-state index in [-0.39, 0.29) is 36.3 Å². The van der Waals surface area contributed by atoms with E-state index in [9.17, 15) is 4.79 Å². The average molecular weight is 293 g/mol. The van der Waals surface area contributed by atoms with Gasteiger partial charge in [-0.05, 0) is 43.7 Å². The third-order valence-electron chi connectivity index (χ3n) is 4.71. The van der Waals surface area contributed by atoms with Crippen molar-refractivity contribution in [2.45, 2.75) is 40.0 Å². The molecular formula is C14H29ClN2O2. The molecule has 1 unspecified atom stereocenters. The van der Waals surface area contributed by atoms with E-state index >= 15 is 0 Å². The first-order valence-electron chi connectivity index (χ1n) is 7.18. The van der Waals surface area contributed by atoms with Crippen molar-refractivity contribution >= 4 is 18.3 Å². The van der Waals surface area contributed by atoms with Crippen molar-refractivity contribution in [2.24, 2.45) is 17.3 Å². The van der Waals surface area contributed by atoms with Crippen LogP contribution >= 0.6 is 12.4 Å². The molecule has 0 aromatic heterocycles. The van der Waals surface area contributed by atoms with Gasteiger partial charge in [-0.2, -0.15) is 0 Å². The van der Waals surface area contributed by atoms with Crippen molar-refractivity contribution in [3.05, 3.63) is 0 Å². The van der Waals surface area contributed by atoms with Gasteiger partial charge in [-0.15, -0.1) is 12.4 Å². The molecule has 0 radical (unpaired) electrons. The fourth-order valence-electron chi connectivity index (χ4n) is 2.49. The van der Waals surface area contributed by atoms with Gasteiger partial charge < -0.3 is 15.7 Å². The Morgan fingerprint density at radius 3 is 2.37 bits per heavy atom. The fourth-order valence-corrected chi connectivity index (χ4v) is 2.49. The van der Waals surface area contributed by atoms with Gasteiger partial charge in [-0.25, -0.2) is 0 Å². The van der Waals surface area contributed by atoms with Gasteiger partial charge in [0.25, 0.3) is 0 Å². The molecule has 1 amide bonds. The van der Waals surface area contributed by atoms with Gasteiger partial charge in [0.1, 0.15) is 0 Å². The van der Waals surface area contributed by atoms with E-state index in [0.29, 0.717) is 12.5 Å². The van der Waals surface area contributed by atoms with E-state index in [1.165, 1.54) is 0 Å². The number of rotatable bonds is 8. The van der Waals surface area contributed by atoms with Gasteiger partial charge in [0.05, 0.1) is 0 Å². The number of hydrogen-bond donors (Lipinski definition) is 3. The van der Waals surface area contributed by atoms with Crippen LogP contribution in [0.2, 0.25) is 0 Å². The molecule has 1 atom stereocenters. The van der Waals surface area contributed by atoms with Crippen LogP contribution in [0.5, 0.6) is 0 Å². The Balaban J connectivity index is 0.00000324.